The predicted molar refractivity (Wildman–Crippen MR) is 98.2 cm³/mol. The van der Waals surface area contributed by atoms with Crippen LogP contribution in [0.2, 0.25) is 0 Å². The minimum atomic E-state index is -0.976. The average Bonchev–Trinajstić information content (AvgIpc) is 2.63. The summed E-state index contributed by atoms with van der Waals surface area (Å²) in [5.74, 6) is -1.44. The van der Waals surface area contributed by atoms with Gasteiger partial charge in [0.15, 0.2) is 5.79 Å². The van der Waals surface area contributed by atoms with Crippen molar-refractivity contribution in [3.63, 3.8) is 0 Å². The molecule has 0 bridgehead atoms. The number of anilines is 1. The minimum absolute atomic E-state index is 0.00195. The van der Waals surface area contributed by atoms with Gasteiger partial charge in [-0.05, 0) is 43.7 Å². The molecule has 1 heterocycles. The fourth-order valence-corrected chi connectivity index (χ4v) is 2.77. The quantitative estimate of drug-likeness (QED) is 0.795. The van der Waals surface area contributed by atoms with Gasteiger partial charge in [-0.25, -0.2) is 0 Å². The van der Waals surface area contributed by atoms with E-state index >= 15 is 0 Å². The van der Waals surface area contributed by atoms with Crippen molar-refractivity contribution in [1.29, 1.82) is 10.5 Å². The Kier molecular flexibility index (Phi) is 4.34. The Labute approximate surface area is 151 Å². The second kappa shape index (κ2) is 6.62. The molecule has 1 atom stereocenters. The van der Waals surface area contributed by atoms with Crippen LogP contribution >= 0.6 is 0 Å². The summed E-state index contributed by atoms with van der Waals surface area (Å²) in [6, 6.07) is 18.5. The highest BCUT2D eigenvalue weighted by molar-refractivity contribution is 6.06. The Balaban J connectivity index is 1.96. The Bertz CT molecular complexity index is 961. The van der Waals surface area contributed by atoms with E-state index in [1.807, 2.05) is 37.3 Å². The molecule has 0 saturated heterocycles. The standard InChI is InChI=1S/C20H17N5O/c1-13-3-9-16(10-4-13)23-20(2)24-18(17(12-22)19(26)25-20)15-7-5-14(11-21)6-8-15/h3-10,23-24H,1-2H3,(H,25,26). The molecule has 0 fully saturated rings. The number of carbonyl (C=O) groups excluding carboxylic acids is 1. The van der Waals surface area contributed by atoms with Crippen LogP contribution in [0.1, 0.15) is 23.6 Å². The number of benzene rings is 2. The van der Waals surface area contributed by atoms with Gasteiger partial charge in [0, 0.05) is 5.69 Å². The molecule has 1 aliphatic rings. The molecule has 0 radical (unpaired) electrons. The van der Waals surface area contributed by atoms with E-state index < -0.39 is 11.7 Å². The summed E-state index contributed by atoms with van der Waals surface area (Å²) in [6.45, 7) is 3.78. The first kappa shape index (κ1) is 17.1. The third kappa shape index (κ3) is 3.35. The molecular weight excluding hydrogens is 326 g/mol. The lowest BCUT2D eigenvalue weighted by molar-refractivity contribution is -0.119. The summed E-state index contributed by atoms with van der Waals surface area (Å²) < 4.78 is 0. The number of hydrogen-bond donors (Lipinski definition) is 3. The van der Waals surface area contributed by atoms with Gasteiger partial charge in [-0.1, -0.05) is 29.8 Å². The molecule has 0 spiro atoms. The highest BCUT2D eigenvalue weighted by Crippen LogP contribution is 2.25. The van der Waals surface area contributed by atoms with E-state index in [1.165, 1.54) is 0 Å². The maximum Gasteiger partial charge on any atom is 0.267 e. The van der Waals surface area contributed by atoms with E-state index in [1.54, 1.807) is 31.2 Å². The molecule has 26 heavy (non-hydrogen) atoms. The van der Waals surface area contributed by atoms with Crippen LogP contribution in [0.4, 0.5) is 5.69 Å². The van der Waals surface area contributed by atoms with Crippen LogP contribution in [-0.4, -0.2) is 11.7 Å². The average molecular weight is 343 g/mol. The van der Waals surface area contributed by atoms with Gasteiger partial charge in [-0.2, -0.15) is 10.5 Å². The van der Waals surface area contributed by atoms with Gasteiger partial charge in [0.05, 0.1) is 17.3 Å². The molecule has 1 aliphatic heterocycles. The number of nitrogens with one attached hydrogen (secondary N) is 3. The van der Waals surface area contributed by atoms with Gasteiger partial charge >= 0.3 is 0 Å². The summed E-state index contributed by atoms with van der Waals surface area (Å²) in [5, 5.41) is 27.6. The number of carbonyl (C=O) groups is 1. The number of nitrogens with zero attached hydrogens (tertiary/aromatic N) is 2. The van der Waals surface area contributed by atoms with Gasteiger partial charge in [0.1, 0.15) is 11.6 Å². The van der Waals surface area contributed by atoms with Crippen molar-refractivity contribution in [1.82, 2.24) is 10.6 Å². The largest absolute Gasteiger partial charge is 0.346 e. The van der Waals surface area contributed by atoms with Gasteiger partial charge in [-0.15, -0.1) is 0 Å². The third-order valence-electron chi connectivity index (χ3n) is 4.08. The third-order valence-corrected chi connectivity index (χ3v) is 4.08. The molecule has 2 aromatic rings. The molecular formula is C20H17N5O. The highest BCUT2D eigenvalue weighted by atomic mass is 16.2. The van der Waals surface area contributed by atoms with E-state index in [0.717, 1.165) is 11.3 Å². The van der Waals surface area contributed by atoms with Gasteiger partial charge < -0.3 is 16.0 Å². The molecule has 0 aliphatic carbocycles. The first-order valence-electron chi connectivity index (χ1n) is 8.04. The molecule has 0 aromatic heterocycles. The maximum atomic E-state index is 12.5. The normalized spacial score (nSPS) is 19.0. The zero-order valence-electron chi connectivity index (χ0n) is 14.4. The van der Waals surface area contributed by atoms with Gasteiger partial charge in [0.2, 0.25) is 0 Å². The number of hydrogen-bond acceptors (Lipinski definition) is 5. The van der Waals surface area contributed by atoms with E-state index in [4.69, 9.17) is 5.26 Å². The molecule has 1 amide bonds. The van der Waals surface area contributed by atoms with Crippen LogP contribution in [0, 0.1) is 29.6 Å². The van der Waals surface area contributed by atoms with E-state index in [-0.39, 0.29) is 5.57 Å². The Hall–Kier alpha value is -3.77. The Morgan fingerprint density at radius 2 is 1.62 bits per heavy atom. The molecule has 3 rings (SSSR count). The fraction of sp³-hybridized carbons (Fsp3) is 0.150. The first-order valence-corrected chi connectivity index (χ1v) is 8.04. The van der Waals surface area contributed by atoms with E-state index in [0.29, 0.717) is 16.8 Å². The van der Waals surface area contributed by atoms with Crippen molar-refractivity contribution in [2.24, 2.45) is 0 Å². The van der Waals surface area contributed by atoms with Crippen LogP contribution in [0.15, 0.2) is 54.1 Å². The molecule has 2 aromatic carbocycles. The van der Waals surface area contributed by atoms with Crippen molar-refractivity contribution in [3.05, 3.63) is 70.8 Å². The predicted octanol–water partition coefficient (Wildman–Crippen LogP) is 2.61. The number of nitriles is 2. The van der Waals surface area contributed by atoms with Crippen LogP contribution in [0.5, 0.6) is 0 Å². The van der Waals surface area contributed by atoms with Crippen molar-refractivity contribution in [3.8, 4) is 12.1 Å². The van der Waals surface area contributed by atoms with Crippen LogP contribution in [-0.2, 0) is 4.79 Å². The summed E-state index contributed by atoms with van der Waals surface area (Å²) in [6.07, 6.45) is 0. The maximum absolute atomic E-state index is 12.5. The number of amides is 1. The molecule has 128 valence electrons. The van der Waals surface area contributed by atoms with Crippen molar-refractivity contribution >= 4 is 17.3 Å². The summed E-state index contributed by atoms with van der Waals surface area (Å²) in [5.41, 5.74) is 3.54. The van der Waals surface area contributed by atoms with Crippen LogP contribution in [0.3, 0.4) is 0 Å². The fourth-order valence-electron chi connectivity index (χ4n) is 2.77. The minimum Gasteiger partial charge on any atom is -0.346 e. The van der Waals surface area contributed by atoms with Gasteiger partial charge in [-0.3, -0.25) is 4.79 Å². The molecule has 0 saturated carbocycles. The topological polar surface area (TPSA) is 101 Å². The summed E-state index contributed by atoms with van der Waals surface area (Å²) in [4.78, 5) is 12.5. The molecule has 3 N–H and O–H groups in total. The highest BCUT2D eigenvalue weighted by Gasteiger charge is 2.35. The number of rotatable bonds is 3. The zero-order chi connectivity index (χ0) is 18.7. The lowest BCUT2D eigenvalue weighted by Crippen LogP contribution is -2.64. The van der Waals surface area contributed by atoms with E-state index in [9.17, 15) is 10.1 Å². The van der Waals surface area contributed by atoms with Crippen molar-refractivity contribution < 1.29 is 4.79 Å². The Morgan fingerprint density at radius 1 is 0.962 bits per heavy atom. The van der Waals surface area contributed by atoms with Crippen molar-refractivity contribution in [2.45, 2.75) is 19.6 Å². The second-order valence-corrected chi connectivity index (χ2v) is 6.25. The first-order chi connectivity index (χ1) is 12.4. The second-order valence-electron chi connectivity index (χ2n) is 6.25. The summed E-state index contributed by atoms with van der Waals surface area (Å²) >= 11 is 0. The van der Waals surface area contributed by atoms with Crippen LogP contribution in [0.25, 0.3) is 5.70 Å². The number of aryl methyl sites for hydroxylation is 1. The zero-order valence-corrected chi connectivity index (χ0v) is 14.4. The smallest absolute Gasteiger partial charge is 0.267 e. The van der Waals surface area contributed by atoms with Crippen LogP contribution < -0.4 is 16.0 Å². The monoisotopic (exact) mass is 343 g/mol. The molecule has 1 unspecified atom stereocenters. The Morgan fingerprint density at radius 3 is 2.19 bits per heavy atom. The SMILES string of the molecule is Cc1ccc(NC2(C)NC(=O)C(C#N)=C(c3ccc(C#N)cc3)N2)cc1. The van der Waals surface area contributed by atoms with E-state index in [2.05, 4.69) is 22.0 Å². The molecule has 6 nitrogen and oxygen atoms in total. The lowest BCUT2D eigenvalue weighted by Gasteiger charge is -2.39. The lowest BCUT2D eigenvalue weighted by atomic mass is 10.0. The molecule has 6 heteroatoms. The van der Waals surface area contributed by atoms with Gasteiger partial charge in [0.25, 0.3) is 5.91 Å². The summed E-state index contributed by atoms with van der Waals surface area (Å²) in [7, 11) is 0. The van der Waals surface area contributed by atoms with Crippen molar-refractivity contribution in [2.75, 3.05) is 5.32 Å².